The number of unbranched alkanes of at least 4 members (excludes halogenated alkanes) is 9. The number of rotatable bonds is 23. The van der Waals surface area contributed by atoms with E-state index in [-0.39, 0.29) is 19.0 Å². The van der Waals surface area contributed by atoms with Crippen molar-refractivity contribution in [3.05, 3.63) is 78.1 Å². The molecule has 3 aromatic rings. The van der Waals surface area contributed by atoms with E-state index in [4.69, 9.17) is 23.3 Å². The normalized spacial score (nSPS) is 13.3. The Hall–Kier alpha value is -2.97. The predicted molar refractivity (Wildman–Crippen MR) is 169 cm³/mol. The highest BCUT2D eigenvalue weighted by molar-refractivity contribution is 7.46. The molecule has 0 saturated carbocycles. The van der Waals surface area contributed by atoms with Crippen LogP contribution >= 0.6 is 7.82 Å². The van der Waals surface area contributed by atoms with Gasteiger partial charge in [-0.05, 0) is 48.8 Å². The minimum Gasteiger partial charge on any atom is -0.746 e. The van der Waals surface area contributed by atoms with E-state index >= 15 is 0 Å². The second-order valence-corrected chi connectivity index (χ2v) is 12.3. The van der Waals surface area contributed by atoms with E-state index in [9.17, 15) is 9.46 Å². The molecule has 1 aromatic heterocycles. The van der Waals surface area contributed by atoms with Gasteiger partial charge in [0, 0.05) is 24.3 Å². The molecule has 0 aliphatic rings. The maximum Gasteiger partial charge on any atom is 0.319 e. The summed E-state index contributed by atoms with van der Waals surface area (Å²) in [6, 6.07) is 16.2. The number of methoxy groups -OCH3 is 1. The number of aromatic nitrogens is 2. The number of hydrogen-bond acceptors (Lipinski definition) is 8. The molecule has 44 heavy (non-hydrogen) atoms. The van der Waals surface area contributed by atoms with Gasteiger partial charge in [-0.3, -0.25) is 4.57 Å². The molecule has 2 atom stereocenters. The van der Waals surface area contributed by atoms with Gasteiger partial charge in [-0.2, -0.15) is 0 Å². The van der Waals surface area contributed by atoms with E-state index in [0.29, 0.717) is 18.9 Å². The minimum absolute atomic E-state index is 0.0933. The quantitative estimate of drug-likeness (QED) is 0.0630. The van der Waals surface area contributed by atoms with Crippen LogP contribution in [0.4, 0.5) is 0 Å². The highest BCUT2D eigenvalue weighted by Crippen LogP contribution is 2.40. The lowest BCUT2D eigenvalue weighted by Crippen LogP contribution is -2.37. The Balaban J connectivity index is 1.38. The van der Waals surface area contributed by atoms with Gasteiger partial charge in [-0.15, -0.1) is 0 Å². The molecule has 0 aliphatic carbocycles. The average molecular weight is 629 g/mol. The predicted octanol–water partition coefficient (Wildman–Crippen LogP) is 6.98. The van der Waals surface area contributed by atoms with Crippen LogP contribution in [0.2, 0.25) is 0 Å². The van der Waals surface area contributed by atoms with Crippen LogP contribution in [0.15, 0.2) is 67.0 Å². The van der Waals surface area contributed by atoms with Crippen molar-refractivity contribution in [2.45, 2.75) is 90.7 Å². The van der Waals surface area contributed by atoms with Crippen molar-refractivity contribution in [1.82, 2.24) is 5.10 Å². The SMILES string of the molecule is CCCCCCCCCCCCOc1cccc(OCC(COP(=O)([O-])Oc2cccc(C[n+]3ccccn3)c2)OC)c1C. The van der Waals surface area contributed by atoms with Crippen molar-refractivity contribution < 1.29 is 37.4 Å². The van der Waals surface area contributed by atoms with Crippen LogP contribution in [-0.4, -0.2) is 38.1 Å². The van der Waals surface area contributed by atoms with Crippen molar-refractivity contribution in [2.75, 3.05) is 26.9 Å². The lowest BCUT2D eigenvalue weighted by Gasteiger charge is -2.26. The first-order valence-electron chi connectivity index (χ1n) is 15.8. The summed E-state index contributed by atoms with van der Waals surface area (Å²) in [5.41, 5.74) is 1.72. The van der Waals surface area contributed by atoms with E-state index < -0.39 is 13.9 Å². The molecular weight excluding hydrogens is 579 g/mol. The van der Waals surface area contributed by atoms with Crippen molar-refractivity contribution in [2.24, 2.45) is 0 Å². The van der Waals surface area contributed by atoms with Crippen LogP contribution in [0.5, 0.6) is 17.2 Å². The number of nitrogens with zero attached hydrogens (tertiary/aromatic N) is 2. The lowest BCUT2D eigenvalue weighted by molar-refractivity contribution is -0.746. The van der Waals surface area contributed by atoms with E-state index in [1.165, 1.54) is 64.9 Å². The second-order valence-electron chi connectivity index (χ2n) is 11.0. The Morgan fingerprint density at radius 3 is 2.23 bits per heavy atom. The summed E-state index contributed by atoms with van der Waals surface area (Å²) in [5.74, 6) is 1.59. The summed E-state index contributed by atoms with van der Waals surface area (Å²) < 4.78 is 42.1. The first kappa shape index (κ1) is 35.5. The second kappa shape index (κ2) is 20.1. The van der Waals surface area contributed by atoms with Crippen LogP contribution in [0.1, 0.15) is 82.3 Å². The van der Waals surface area contributed by atoms with Gasteiger partial charge in [0.2, 0.25) is 0 Å². The van der Waals surface area contributed by atoms with Crippen LogP contribution in [-0.2, 0) is 20.4 Å². The zero-order valence-corrected chi connectivity index (χ0v) is 27.4. The third-order valence-electron chi connectivity index (χ3n) is 7.30. The molecule has 0 saturated heterocycles. The third-order valence-corrected chi connectivity index (χ3v) is 8.20. The zero-order chi connectivity index (χ0) is 31.5. The summed E-state index contributed by atoms with van der Waals surface area (Å²) in [4.78, 5) is 12.6. The Kier molecular flexibility index (Phi) is 16.3. The first-order chi connectivity index (χ1) is 21.4. The standard InChI is InChI=1S/C34H49N2O7P/c1-4-5-6-7-8-9-10-11-12-15-24-40-33-20-17-21-34(29(33)2)41-27-32(39-3)28-42-44(37,38)43-31-19-16-18-30(25-31)26-36-23-14-13-22-35-36/h13-14,16-23,25,32H,4-12,15,24,26-28H2,1-3H3. The van der Waals surface area contributed by atoms with Gasteiger partial charge < -0.3 is 28.2 Å². The molecule has 0 amide bonds. The van der Waals surface area contributed by atoms with Crippen LogP contribution in [0.3, 0.4) is 0 Å². The maximum absolute atomic E-state index is 12.6. The highest BCUT2D eigenvalue weighted by Gasteiger charge is 2.18. The lowest BCUT2D eigenvalue weighted by atomic mass is 10.1. The van der Waals surface area contributed by atoms with Gasteiger partial charge in [-0.1, -0.05) is 87.6 Å². The Morgan fingerprint density at radius 1 is 0.864 bits per heavy atom. The Morgan fingerprint density at radius 2 is 1.55 bits per heavy atom. The molecule has 0 spiro atoms. The summed E-state index contributed by atoms with van der Waals surface area (Å²) >= 11 is 0. The summed E-state index contributed by atoms with van der Waals surface area (Å²) in [6.45, 7) is 5.17. The molecule has 242 valence electrons. The van der Waals surface area contributed by atoms with Crippen molar-refractivity contribution in [3.63, 3.8) is 0 Å². The van der Waals surface area contributed by atoms with E-state index in [1.54, 1.807) is 29.1 Å². The first-order valence-corrected chi connectivity index (χ1v) is 17.3. The maximum atomic E-state index is 12.6. The number of phosphoric acid groups is 1. The molecule has 2 aromatic carbocycles. The molecule has 3 rings (SSSR count). The monoisotopic (exact) mass is 628 g/mol. The third kappa shape index (κ3) is 13.8. The molecule has 0 fully saturated rings. The Labute approximate surface area is 263 Å². The fraction of sp³-hybridized carbons (Fsp3) is 0.529. The van der Waals surface area contributed by atoms with E-state index in [2.05, 4.69) is 12.0 Å². The van der Waals surface area contributed by atoms with Crippen molar-refractivity contribution in [3.8, 4) is 17.2 Å². The van der Waals surface area contributed by atoms with Gasteiger partial charge in [-0.25, -0.2) is 0 Å². The smallest absolute Gasteiger partial charge is 0.319 e. The minimum atomic E-state index is -4.66. The molecule has 1 heterocycles. The van der Waals surface area contributed by atoms with Gasteiger partial charge >= 0.3 is 7.82 Å². The van der Waals surface area contributed by atoms with Crippen LogP contribution in [0, 0.1) is 6.92 Å². The fourth-order valence-corrected chi connectivity index (χ4v) is 5.49. The average Bonchev–Trinajstić information content (AvgIpc) is 3.01. The number of phosphoric ester groups is 1. The molecule has 0 N–H and O–H groups in total. The van der Waals surface area contributed by atoms with Crippen LogP contribution in [0.25, 0.3) is 0 Å². The molecule has 0 radical (unpaired) electrons. The molecule has 0 aliphatic heterocycles. The van der Waals surface area contributed by atoms with Crippen molar-refractivity contribution in [1.29, 1.82) is 0 Å². The highest BCUT2D eigenvalue weighted by atomic mass is 31.2. The summed E-state index contributed by atoms with van der Waals surface area (Å²) in [6.07, 6.45) is 15.7. The Bertz CT molecular complexity index is 1260. The van der Waals surface area contributed by atoms with Gasteiger partial charge in [0.25, 0.3) is 0 Å². The van der Waals surface area contributed by atoms with Crippen LogP contribution < -0.4 is 23.6 Å². The molecule has 9 nitrogen and oxygen atoms in total. The van der Waals surface area contributed by atoms with E-state index in [1.807, 2.05) is 49.5 Å². The largest absolute Gasteiger partial charge is 0.746 e. The number of benzene rings is 2. The van der Waals surface area contributed by atoms with E-state index in [0.717, 1.165) is 23.3 Å². The fourth-order valence-electron chi connectivity index (χ4n) is 4.72. The number of hydrogen-bond donors (Lipinski definition) is 0. The molecule has 2 unspecified atom stereocenters. The molecule has 0 bridgehead atoms. The topological polar surface area (TPSA) is 103 Å². The molecule has 10 heteroatoms. The summed E-state index contributed by atoms with van der Waals surface area (Å²) in [7, 11) is -3.18. The van der Waals surface area contributed by atoms with Crippen molar-refractivity contribution >= 4 is 7.82 Å². The van der Waals surface area contributed by atoms with Gasteiger partial charge in [0.15, 0.2) is 12.7 Å². The van der Waals surface area contributed by atoms with Gasteiger partial charge in [0.05, 0.1) is 19.4 Å². The van der Waals surface area contributed by atoms with Gasteiger partial charge in [0.1, 0.15) is 30.0 Å². The zero-order valence-electron chi connectivity index (χ0n) is 26.5. The summed E-state index contributed by atoms with van der Waals surface area (Å²) in [5, 5.41) is 4.22. The molecular formula is C34H49N2O7P. The number of ether oxygens (including phenoxy) is 3.